The van der Waals surface area contributed by atoms with E-state index in [1.807, 2.05) is 27.8 Å². The Morgan fingerprint density at radius 1 is 1.61 bits per heavy atom. The highest BCUT2D eigenvalue weighted by molar-refractivity contribution is 8.14. The van der Waals surface area contributed by atoms with Gasteiger partial charge >= 0.3 is 0 Å². The molecule has 0 amide bonds. The van der Waals surface area contributed by atoms with Gasteiger partial charge in [-0.3, -0.25) is 9.48 Å². The second-order valence-corrected chi connectivity index (χ2v) is 6.08. The van der Waals surface area contributed by atoms with Crippen LogP contribution in [-0.2, 0) is 11.9 Å². The fourth-order valence-corrected chi connectivity index (χ4v) is 2.77. The molecule has 0 radical (unpaired) electrons. The fraction of sp³-hybridized carbons (Fsp3) is 0.583. The summed E-state index contributed by atoms with van der Waals surface area (Å²) in [7, 11) is 1.81. The molecule has 2 rings (SSSR count). The number of ketones is 1. The largest absolute Gasteiger partial charge is 0.389 e. The smallest absolute Gasteiger partial charge is 0.176 e. The minimum Gasteiger partial charge on any atom is -0.389 e. The van der Waals surface area contributed by atoms with Crippen molar-refractivity contribution in [1.82, 2.24) is 9.78 Å². The van der Waals surface area contributed by atoms with E-state index in [2.05, 4.69) is 10.3 Å². The van der Waals surface area contributed by atoms with Gasteiger partial charge in [0, 0.05) is 19.7 Å². The van der Waals surface area contributed by atoms with Gasteiger partial charge in [-0.15, -0.1) is 0 Å². The molecule has 0 unspecified atom stereocenters. The Morgan fingerprint density at radius 2 is 2.33 bits per heavy atom. The third-order valence-electron chi connectivity index (χ3n) is 2.66. The lowest BCUT2D eigenvalue weighted by Crippen LogP contribution is -2.18. The molecular weight excluding hydrogens is 250 g/mol. The van der Waals surface area contributed by atoms with Crippen LogP contribution in [0.1, 0.15) is 36.3 Å². The molecule has 0 aliphatic carbocycles. The van der Waals surface area contributed by atoms with Crippen LogP contribution in [0, 0.1) is 6.92 Å². The molecule has 0 bridgehead atoms. The first kappa shape index (κ1) is 13.1. The van der Waals surface area contributed by atoms with Gasteiger partial charge in [-0.05, 0) is 20.8 Å². The Balaban J connectivity index is 1.92. The Morgan fingerprint density at radius 3 is 2.83 bits per heavy atom. The zero-order valence-electron chi connectivity index (χ0n) is 11.1. The lowest BCUT2D eigenvalue weighted by atomic mass is 10.1. The van der Waals surface area contributed by atoms with Crippen molar-refractivity contribution in [3.05, 3.63) is 17.5 Å². The molecule has 0 fully saturated rings. The fourth-order valence-electron chi connectivity index (χ4n) is 1.78. The number of thioether (sulfide) groups is 1. The molecule has 0 spiro atoms. The second kappa shape index (κ2) is 4.76. The Hall–Kier alpha value is -1.30. The summed E-state index contributed by atoms with van der Waals surface area (Å²) in [5.74, 6) is 0.461. The quantitative estimate of drug-likeness (QED) is 0.787. The van der Waals surface area contributed by atoms with Gasteiger partial charge in [0.15, 0.2) is 5.78 Å². The van der Waals surface area contributed by atoms with Gasteiger partial charge in [-0.2, -0.15) is 5.10 Å². The third-order valence-corrected chi connectivity index (χ3v) is 3.61. The first-order chi connectivity index (χ1) is 8.37. The van der Waals surface area contributed by atoms with E-state index in [-0.39, 0.29) is 11.4 Å². The molecule has 1 aromatic rings. The molecular formula is C12H17N3O2S. The van der Waals surface area contributed by atoms with Gasteiger partial charge in [0.1, 0.15) is 10.6 Å². The van der Waals surface area contributed by atoms with Crippen LogP contribution >= 0.6 is 11.8 Å². The van der Waals surface area contributed by atoms with Crippen molar-refractivity contribution in [2.45, 2.75) is 32.8 Å². The lowest BCUT2D eigenvalue weighted by molar-refractivity contribution is 0.0123. The number of carbonyl (C=O) groups is 1. The lowest BCUT2D eigenvalue weighted by Gasteiger charge is -2.12. The number of rotatable bonds is 3. The van der Waals surface area contributed by atoms with Crippen LogP contribution in [0.4, 0.5) is 0 Å². The van der Waals surface area contributed by atoms with Gasteiger partial charge in [-0.25, -0.2) is 0 Å². The Labute approximate surface area is 111 Å². The highest BCUT2D eigenvalue weighted by Gasteiger charge is 2.29. The summed E-state index contributed by atoms with van der Waals surface area (Å²) in [6.45, 7) is 5.81. The normalized spacial score (nSPS) is 17.4. The van der Waals surface area contributed by atoms with Crippen LogP contribution in [0.3, 0.4) is 0 Å². The molecule has 0 saturated heterocycles. The molecule has 0 saturated carbocycles. The third kappa shape index (κ3) is 2.93. The van der Waals surface area contributed by atoms with Gasteiger partial charge < -0.3 is 4.84 Å². The van der Waals surface area contributed by atoms with E-state index in [1.54, 1.807) is 10.9 Å². The summed E-state index contributed by atoms with van der Waals surface area (Å²) in [6.07, 6.45) is 2.52. The van der Waals surface area contributed by atoms with Crippen molar-refractivity contribution in [3.8, 4) is 0 Å². The van der Waals surface area contributed by atoms with Crippen LogP contribution in [0.2, 0.25) is 0 Å². The van der Waals surface area contributed by atoms with E-state index in [0.29, 0.717) is 11.3 Å². The number of nitrogens with zero attached hydrogens (tertiary/aromatic N) is 3. The zero-order chi connectivity index (χ0) is 13.3. The molecule has 0 aromatic carbocycles. The highest BCUT2D eigenvalue weighted by Crippen LogP contribution is 2.27. The van der Waals surface area contributed by atoms with Crippen molar-refractivity contribution < 1.29 is 9.63 Å². The van der Waals surface area contributed by atoms with Crippen molar-refractivity contribution >= 4 is 22.6 Å². The van der Waals surface area contributed by atoms with E-state index in [1.165, 1.54) is 11.8 Å². The van der Waals surface area contributed by atoms with Crippen LogP contribution in [-0.4, -0.2) is 32.0 Å². The summed E-state index contributed by atoms with van der Waals surface area (Å²) in [5.41, 5.74) is 1.21. The molecule has 1 aliphatic rings. The van der Waals surface area contributed by atoms with Gasteiger partial charge in [0.25, 0.3) is 0 Å². The van der Waals surface area contributed by atoms with Crippen molar-refractivity contribution in [1.29, 1.82) is 0 Å². The first-order valence-corrected chi connectivity index (χ1v) is 6.77. The number of Topliss-reactive ketones (excluding diaryl/α,β-unsaturated/α-hetero) is 1. The van der Waals surface area contributed by atoms with E-state index in [4.69, 9.17) is 4.84 Å². The average Bonchev–Trinajstić information content (AvgIpc) is 2.78. The van der Waals surface area contributed by atoms with Crippen LogP contribution in [0.25, 0.3) is 0 Å². The Kier molecular flexibility index (Phi) is 3.47. The predicted molar refractivity (Wildman–Crippen MR) is 71.9 cm³/mol. The van der Waals surface area contributed by atoms with Crippen molar-refractivity contribution in [2.24, 2.45) is 12.2 Å². The second-order valence-electron chi connectivity index (χ2n) is 5.03. The molecule has 18 heavy (non-hydrogen) atoms. The molecule has 1 aromatic heterocycles. The van der Waals surface area contributed by atoms with Crippen LogP contribution in [0.5, 0.6) is 0 Å². The number of hydrogen-bond acceptors (Lipinski definition) is 5. The number of aromatic nitrogens is 2. The number of aryl methyl sites for hydroxylation is 2. The summed E-state index contributed by atoms with van der Waals surface area (Å²) in [6, 6.07) is 0. The number of hydrogen-bond donors (Lipinski definition) is 0. The van der Waals surface area contributed by atoms with E-state index in [9.17, 15) is 4.79 Å². The summed E-state index contributed by atoms with van der Waals surface area (Å²) in [5, 5.41) is 9.04. The van der Waals surface area contributed by atoms with Crippen molar-refractivity contribution in [3.63, 3.8) is 0 Å². The minimum atomic E-state index is -0.240. The predicted octanol–water partition coefficient (Wildman–Crippen LogP) is 2.16. The molecule has 98 valence electrons. The monoisotopic (exact) mass is 267 g/mol. The molecule has 1 aliphatic heterocycles. The maximum atomic E-state index is 12.0. The standard InChI is InChI=1S/C12H17N3O2S/c1-8-9(6-15(4)13-8)10(16)7-18-11-5-12(2,3)17-14-11/h6H,5,7H2,1-4H3. The molecule has 0 N–H and O–H groups in total. The number of oxime groups is 1. The molecule has 2 heterocycles. The van der Waals surface area contributed by atoms with Gasteiger partial charge in [0.05, 0.1) is 17.0 Å². The SMILES string of the molecule is Cc1nn(C)cc1C(=O)CSC1=NOC(C)(C)C1. The summed E-state index contributed by atoms with van der Waals surface area (Å²) < 4.78 is 1.66. The average molecular weight is 267 g/mol. The van der Waals surface area contributed by atoms with Crippen LogP contribution < -0.4 is 0 Å². The zero-order valence-corrected chi connectivity index (χ0v) is 11.9. The highest BCUT2D eigenvalue weighted by atomic mass is 32.2. The summed E-state index contributed by atoms with van der Waals surface area (Å²) in [4.78, 5) is 17.3. The number of carbonyl (C=O) groups excluding carboxylic acids is 1. The summed E-state index contributed by atoms with van der Waals surface area (Å²) >= 11 is 1.45. The van der Waals surface area contributed by atoms with Crippen LogP contribution in [0.15, 0.2) is 11.4 Å². The molecule has 0 atom stereocenters. The van der Waals surface area contributed by atoms with Crippen molar-refractivity contribution in [2.75, 3.05) is 5.75 Å². The maximum Gasteiger partial charge on any atom is 0.176 e. The maximum absolute atomic E-state index is 12.0. The van der Waals surface area contributed by atoms with E-state index in [0.717, 1.165) is 17.2 Å². The minimum absolute atomic E-state index is 0.0815. The topological polar surface area (TPSA) is 56.5 Å². The van der Waals surface area contributed by atoms with E-state index < -0.39 is 0 Å². The Bertz CT molecular complexity index is 505. The van der Waals surface area contributed by atoms with Gasteiger partial charge in [0.2, 0.25) is 0 Å². The molecule has 5 nitrogen and oxygen atoms in total. The molecule has 6 heteroatoms. The first-order valence-electron chi connectivity index (χ1n) is 5.79. The van der Waals surface area contributed by atoms with E-state index >= 15 is 0 Å². The van der Waals surface area contributed by atoms with Gasteiger partial charge in [-0.1, -0.05) is 16.9 Å².